The van der Waals surface area contributed by atoms with Gasteiger partial charge in [0, 0.05) is 25.9 Å². The number of benzene rings is 2. The van der Waals surface area contributed by atoms with Crippen molar-refractivity contribution in [3.05, 3.63) is 71.8 Å². The van der Waals surface area contributed by atoms with Crippen LogP contribution in [-0.2, 0) is 31.8 Å². The molecule has 0 aliphatic carbocycles. The largest absolute Gasteiger partial charge is 0.412 e. The van der Waals surface area contributed by atoms with E-state index in [4.69, 9.17) is 13.9 Å². The van der Waals surface area contributed by atoms with Crippen molar-refractivity contribution in [1.29, 1.82) is 0 Å². The molecule has 6 heteroatoms. The maximum absolute atomic E-state index is 13.8. The SMILES string of the molecule is CC(C)(C)[Si](C)(C)O[C@@H]1C[C@@H]2O[C@H]2C[C@@H](OCc2ccccc2)C(=O)N(Cc2ccccc2)C1. The molecule has 184 valence electrons. The molecule has 4 rings (SSSR count). The van der Waals surface area contributed by atoms with Crippen molar-refractivity contribution in [3.63, 3.8) is 0 Å². The molecule has 4 atom stereocenters. The normalized spacial score (nSPS) is 25.8. The fourth-order valence-corrected chi connectivity index (χ4v) is 5.67. The minimum atomic E-state index is -2.00. The summed E-state index contributed by atoms with van der Waals surface area (Å²) in [6, 6.07) is 20.2. The second kappa shape index (κ2) is 10.3. The molecule has 2 fully saturated rings. The smallest absolute Gasteiger partial charge is 0.252 e. The van der Waals surface area contributed by atoms with Gasteiger partial charge in [-0.05, 0) is 29.3 Å². The van der Waals surface area contributed by atoms with Crippen LogP contribution < -0.4 is 0 Å². The van der Waals surface area contributed by atoms with Gasteiger partial charge in [0.15, 0.2) is 8.32 Å². The van der Waals surface area contributed by atoms with Crippen LogP contribution in [0.2, 0.25) is 18.1 Å². The van der Waals surface area contributed by atoms with E-state index in [1.165, 1.54) is 0 Å². The summed E-state index contributed by atoms with van der Waals surface area (Å²) in [5, 5.41) is 0.102. The van der Waals surface area contributed by atoms with Crippen LogP contribution in [0.15, 0.2) is 60.7 Å². The van der Waals surface area contributed by atoms with Crippen molar-refractivity contribution < 1.29 is 18.7 Å². The average molecular weight is 482 g/mol. The van der Waals surface area contributed by atoms with Crippen molar-refractivity contribution in [2.75, 3.05) is 6.54 Å². The van der Waals surface area contributed by atoms with E-state index < -0.39 is 14.4 Å². The molecule has 0 N–H and O–H groups in total. The minimum Gasteiger partial charge on any atom is -0.412 e. The maximum atomic E-state index is 13.8. The van der Waals surface area contributed by atoms with Gasteiger partial charge in [-0.15, -0.1) is 0 Å². The molecule has 0 radical (unpaired) electrons. The Kier molecular flexibility index (Phi) is 7.62. The maximum Gasteiger partial charge on any atom is 0.252 e. The highest BCUT2D eigenvalue weighted by atomic mass is 28.4. The van der Waals surface area contributed by atoms with E-state index in [-0.39, 0.29) is 29.3 Å². The van der Waals surface area contributed by atoms with Gasteiger partial charge in [0.1, 0.15) is 6.10 Å². The van der Waals surface area contributed by atoms with Crippen LogP contribution in [0.3, 0.4) is 0 Å². The Morgan fingerprint density at radius 1 is 0.941 bits per heavy atom. The van der Waals surface area contributed by atoms with Crippen LogP contribution in [0, 0.1) is 0 Å². The molecule has 0 saturated carbocycles. The summed E-state index contributed by atoms with van der Waals surface area (Å²) >= 11 is 0. The molecule has 1 amide bonds. The predicted octanol–water partition coefficient (Wildman–Crippen LogP) is 5.55. The number of carbonyl (C=O) groups excluding carboxylic acids is 1. The van der Waals surface area contributed by atoms with E-state index in [1.807, 2.05) is 53.4 Å². The highest BCUT2D eigenvalue weighted by Gasteiger charge is 2.48. The number of ether oxygens (including phenoxy) is 2. The van der Waals surface area contributed by atoms with Crippen LogP contribution in [0.25, 0.3) is 0 Å². The Morgan fingerprint density at radius 2 is 1.53 bits per heavy atom. The van der Waals surface area contributed by atoms with Gasteiger partial charge in [-0.25, -0.2) is 0 Å². The number of rotatable bonds is 7. The first-order valence-electron chi connectivity index (χ1n) is 12.4. The Hall–Kier alpha value is -1.99. The zero-order valence-electron chi connectivity index (χ0n) is 21.2. The molecule has 5 nitrogen and oxygen atoms in total. The number of fused-ring (bicyclic) bond motifs is 1. The monoisotopic (exact) mass is 481 g/mol. The van der Waals surface area contributed by atoms with Crippen molar-refractivity contribution in [3.8, 4) is 0 Å². The fourth-order valence-electron chi connectivity index (χ4n) is 4.31. The number of hydrogen-bond donors (Lipinski definition) is 0. The van der Waals surface area contributed by atoms with Gasteiger partial charge in [0.25, 0.3) is 5.91 Å². The molecule has 0 spiro atoms. The molecule has 2 aromatic rings. The number of epoxide rings is 1. The molecule has 34 heavy (non-hydrogen) atoms. The van der Waals surface area contributed by atoms with Crippen molar-refractivity contribution in [2.45, 2.75) is 89.3 Å². The molecule has 2 aliphatic heterocycles. The van der Waals surface area contributed by atoms with E-state index in [2.05, 4.69) is 46.0 Å². The lowest BCUT2D eigenvalue weighted by molar-refractivity contribution is -0.147. The summed E-state index contributed by atoms with van der Waals surface area (Å²) in [5.74, 6) is 0.0276. The van der Waals surface area contributed by atoms with E-state index in [1.54, 1.807) is 0 Å². The lowest BCUT2D eigenvalue weighted by atomic mass is 10.1. The molecule has 2 aliphatic rings. The molecule has 2 heterocycles. The first-order chi connectivity index (χ1) is 16.1. The lowest BCUT2D eigenvalue weighted by Gasteiger charge is -2.40. The number of nitrogens with zero attached hydrogens (tertiary/aromatic N) is 1. The van der Waals surface area contributed by atoms with Gasteiger partial charge in [0.05, 0.1) is 24.9 Å². The van der Waals surface area contributed by atoms with Gasteiger partial charge >= 0.3 is 0 Å². The first kappa shape index (κ1) is 25.1. The fraction of sp³-hybridized carbons (Fsp3) is 0.536. The summed E-state index contributed by atoms with van der Waals surface area (Å²) in [6.07, 6.45) is 1.05. The third-order valence-electron chi connectivity index (χ3n) is 7.42. The average Bonchev–Trinajstić information content (AvgIpc) is 3.52. The van der Waals surface area contributed by atoms with Gasteiger partial charge in [-0.2, -0.15) is 0 Å². The van der Waals surface area contributed by atoms with E-state index in [0.29, 0.717) is 26.1 Å². The van der Waals surface area contributed by atoms with Crippen molar-refractivity contribution in [2.24, 2.45) is 0 Å². The van der Waals surface area contributed by atoms with E-state index in [0.717, 1.165) is 17.5 Å². The second-order valence-electron chi connectivity index (χ2n) is 11.2. The number of hydrogen-bond acceptors (Lipinski definition) is 4. The predicted molar refractivity (Wildman–Crippen MR) is 137 cm³/mol. The summed E-state index contributed by atoms with van der Waals surface area (Å²) in [6.45, 7) is 12.8. The van der Waals surface area contributed by atoms with Crippen LogP contribution >= 0.6 is 0 Å². The summed E-state index contributed by atoms with van der Waals surface area (Å²) < 4.78 is 19.1. The lowest BCUT2D eigenvalue weighted by Crippen LogP contribution is -2.49. The van der Waals surface area contributed by atoms with Crippen LogP contribution in [0.4, 0.5) is 0 Å². The first-order valence-corrected chi connectivity index (χ1v) is 15.3. The Balaban J connectivity index is 1.56. The molecular formula is C28H39NO4Si. The van der Waals surface area contributed by atoms with Crippen molar-refractivity contribution >= 4 is 14.2 Å². The highest BCUT2D eigenvalue weighted by Crippen LogP contribution is 2.40. The Labute approximate surface area is 205 Å². The molecule has 0 aromatic heterocycles. The molecule has 0 bridgehead atoms. The molecule has 0 unspecified atom stereocenters. The molecule has 2 saturated heterocycles. The van der Waals surface area contributed by atoms with E-state index >= 15 is 0 Å². The zero-order valence-corrected chi connectivity index (χ0v) is 22.2. The third-order valence-corrected chi connectivity index (χ3v) is 12.0. The second-order valence-corrected chi connectivity index (χ2v) is 15.9. The number of amides is 1. The van der Waals surface area contributed by atoms with Crippen LogP contribution in [-0.4, -0.2) is 50.1 Å². The van der Waals surface area contributed by atoms with Gasteiger partial charge < -0.3 is 18.8 Å². The van der Waals surface area contributed by atoms with Crippen molar-refractivity contribution in [1.82, 2.24) is 4.90 Å². The minimum absolute atomic E-state index is 0.0276. The summed E-state index contributed by atoms with van der Waals surface area (Å²) in [5.41, 5.74) is 2.18. The summed E-state index contributed by atoms with van der Waals surface area (Å²) in [7, 11) is -2.00. The van der Waals surface area contributed by atoms with Crippen LogP contribution in [0.5, 0.6) is 0 Å². The van der Waals surface area contributed by atoms with Crippen LogP contribution in [0.1, 0.15) is 44.7 Å². The summed E-state index contributed by atoms with van der Waals surface area (Å²) in [4.78, 5) is 15.8. The Morgan fingerprint density at radius 3 is 2.15 bits per heavy atom. The van der Waals surface area contributed by atoms with Gasteiger partial charge in [-0.3, -0.25) is 4.79 Å². The zero-order chi connectivity index (χ0) is 24.3. The standard InChI is InChI=1S/C28H39NO4Si/c1-28(2,3)34(4,5)33-23-16-24-25(32-24)17-26(31-20-22-14-10-7-11-15-22)27(30)29(19-23)18-21-12-8-6-9-13-21/h6-15,23-26H,16-20H2,1-5H3/t23-,24+,25+,26-/m1/s1. The quantitative estimate of drug-likeness (QED) is 0.384. The third kappa shape index (κ3) is 6.36. The van der Waals surface area contributed by atoms with Gasteiger partial charge in [0.2, 0.25) is 0 Å². The Bertz CT molecular complexity index is 944. The topological polar surface area (TPSA) is 51.3 Å². The highest BCUT2D eigenvalue weighted by molar-refractivity contribution is 6.74. The number of carbonyl (C=O) groups is 1. The van der Waals surface area contributed by atoms with E-state index in [9.17, 15) is 4.79 Å². The molecule has 2 aromatic carbocycles. The molecular weight excluding hydrogens is 442 g/mol. The van der Waals surface area contributed by atoms with Gasteiger partial charge in [-0.1, -0.05) is 81.4 Å².